The number of nitrogens with zero attached hydrogens (tertiary/aromatic N) is 1. The summed E-state index contributed by atoms with van der Waals surface area (Å²) >= 11 is 0. The van der Waals surface area contributed by atoms with Crippen molar-refractivity contribution in [2.75, 3.05) is 37.7 Å². The molecule has 0 saturated carbocycles. The van der Waals surface area contributed by atoms with Crippen molar-refractivity contribution in [3.63, 3.8) is 0 Å². The number of carbonyl (C=O) groups is 1. The zero-order valence-electron chi connectivity index (χ0n) is 20.7. The van der Waals surface area contributed by atoms with Gasteiger partial charge in [0.1, 0.15) is 12.4 Å². The predicted octanol–water partition coefficient (Wildman–Crippen LogP) is 5.41. The van der Waals surface area contributed by atoms with Crippen molar-refractivity contribution in [2.45, 2.75) is 32.3 Å². The number of anilines is 2. The average molecular weight is 491 g/mol. The topological polar surface area (TPSA) is 80.3 Å². The standard InChI is InChI=1S/C25H25NO5.C4H9N/c1-2-29-24(25(27)28)17-18-11-13-19(14-12-18)30-16-15-26-20-7-3-5-9-22(20)31-23-10-6-4-8-21(23)26;1-2-4-5-3-1/h3-14,24H,2,15-17H2,1H3,(H,27,28);5H,1-4H2/t24-;/m0./s1. The van der Waals surface area contributed by atoms with Crippen LogP contribution < -0.4 is 19.7 Å². The van der Waals surface area contributed by atoms with Crippen molar-refractivity contribution >= 4 is 17.3 Å². The number of nitrogens with one attached hydrogen (secondary N) is 1. The Balaban J connectivity index is 0.000000543. The van der Waals surface area contributed by atoms with Gasteiger partial charge in [-0.2, -0.15) is 0 Å². The van der Waals surface area contributed by atoms with E-state index in [9.17, 15) is 9.90 Å². The van der Waals surface area contributed by atoms with E-state index in [0.29, 0.717) is 26.2 Å². The maximum atomic E-state index is 11.3. The second-order valence-corrected chi connectivity index (χ2v) is 8.63. The van der Waals surface area contributed by atoms with Gasteiger partial charge in [-0.05, 0) is 74.8 Å². The first-order valence-corrected chi connectivity index (χ1v) is 12.6. The molecule has 3 aromatic rings. The lowest BCUT2D eigenvalue weighted by Crippen LogP contribution is -2.26. The fourth-order valence-corrected chi connectivity index (χ4v) is 4.26. The minimum Gasteiger partial charge on any atom is -0.492 e. The molecule has 0 bridgehead atoms. The first-order chi connectivity index (χ1) is 17.7. The minimum absolute atomic E-state index is 0.324. The number of hydrogen-bond donors (Lipinski definition) is 2. The van der Waals surface area contributed by atoms with Crippen LogP contribution >= 0.6 is 0 Å². The van der Waals surface area contributed by atoms with E-state index in [4.69, 9.17) is 14.2 Å². The molecule has 1 fully saturated rings. The fraction of sp³-hybridized carbons (Fsp3) is 0.345. The Kier molecular flexibility index (Phi) is 9.19. The Hall–Kier alpha value is -3.55. The molecule has 2 aliphatic rings. The molecule has 0 unspecified atom stereocenters. The van der Waals surface area contributed by atoms with Gasteiger partial charge in [-0.3, -0.25) is 0 Å². The summed E-state index contributed by atoms with van der Waals surface area (Å²) in [6.07, 6.45) is 2.27. The Morgan fingerprint density at radius 2 is 1.58 bits per heavy atom. The monoisotopic (exact) mass is 490 g/mol. The average Bonchev–Trinajstić information content (AvgIpc) is 3.49. The van der Waals surface area contributed by atoms with Gasteiger partial charge in [-0.1, -0.05) is 36.4 Å². The number of para-hydroxylation sites is 4. The van der Waals surface area contributed by atoms with Crippen LogP contribution in [0.1, 0.15) is 25.3 Å². The molecule has 0 aliphatic carbocycles. The fourth-order valence-electron chi connectivity index (χ4n) is 4.26. The molecular weight excluding hydrogens is 456 g/mol. The zero-order valence-corrected chi connectivity index (χ0v) is 20.7. The van der Waals surface area contributed by atoms with Gasteiger partial charge in [-0.25, -0.2) is 4.79 Å². The van der Waals surface area contributed by atoms with Crippen LogP contribution in [0.4, 0.5) is 11.4 Å². The lowest BCUT2D eigenvalue weighted by atomic mass is 10.1. The molecule has 2 N–H and O–H groups in total. The summed E-state index contributed by atoms with van der Waals surface area (Å²) in [6.45, 7) is 5.80. The zero-order chi connectivity index (χ0) is 25.2. The molecule has 2 aliphatic heterocycles. The third-order valence-electron chi connectivity index (χ3n) is 6.06. The molecule has 3 aromatic carbocycles. The molecule has 1 atom stereocenters. The molecule has 0 amide bonds. The van der Waals surface area contributed by atoms with Crippen molar-refractivity contribution in [1.29, 1.82) is 0 Å². The first kappa shape index (κ1) is 25.5. The van der Waals surface area contributed by atoms with Crippen molar-refractivity contribution in [3.8, 4) is 17.2 Å². The highest BCUT2D eigenvalue weighted by Gasteiger charge is 2.23. The van der Waals surface area contributed by atoms with E-state index in [1.807, 2.05) is 72.8 Å². The number of hydrogen-bond acceptors (Lipinski definition) is 6. The molecule has 7 nitrogen and oxygen atoms in total. The Labute approximate surface area is 212 Å². The lowest BCUT2D eigenvalue weighted by molar-refractivity contribution is -0.149. The van der Waals surface area contributed by atoms with Gasteiger partial charge in [-0.15, -0.1) is 0 Å². The molecule has 7 heteroatoms. The highest BCUT2D eigenvalue weighted by atomic mass is 16.5. The van der Waals surface area contributed by atoms with E-state index in [0.717, 1.165) is 34.2 Å². The van der Waals surface area contributed by atoms with Gasteiger partial charge in [0.25, 0.3) is 0 Å². The SMILES string of the molecule is C1CCNC1.CCO[C@@H](Cc1ccc(OCCN2c3ccccc3Oc3ccccc32)cc1)C(=O)O. The predicted molar refractivity (Wildman–Crippen MR) is 141 cm³/mol. The van der Waals surface area contributed by atoms with Crippen LogP contribution in [-0.2, 0) is 16.0 Å². The highest BCUT2D eigenvalue weighted by molar-refractivity contribution is 5.77. The molecule has 190 valence electrons. The van der Waals surface area contributed by atoms with Gasteiger partial charge < -0.3 is 29.5 Å². The molecule has 36 heavy (non-hydrogen) atoms. The van der Waals surface area contributed by atoms with Gasteiger partial charge in [0.2, 0.25) is 0 Å². The Morgan fingerprint density at radius 1 is 0.972 bits per heavy atom. The summed E-state index contributed by atoms with van der Waals surface area (Å²) in [5.74, 6) is 1.44. The third-order valence-corrected chi connectivity index (χ3v) is 6.06. The molecule has 1 saturated heterocycles. The normalized spacial score (nSPS) is 14.5. The number of fused-ring (bicyclic) bond motifs is 2. The van der Waals surface area contributed by atoms with Crippen LogP contribution in [-0.4, -0.2) is 50.0 Å². The van der Waals surface area contributed by atoms with Gasteiger partial charge in [0.15, 0.2) is 17.6 Å². The number of aliphatic carboxylic acids is 1. The summed E-state index contributed by atoms with van der Waals surface area (Å²) in [7, 11) is 0. The summed E-state index contributed by atoms with van der Waals surface area (Å²) < 4.78 is 17.3. The number of carboxylic acids is 1. The minimum atomic E-state index is -0.951. The Bertz CT molecular complexity index is 1060. The molecular formula is C29H34N2O5. The Morgan fingerprint density at radius 3 is 2.11 bits per heavy atom. The van der Waals surface area contributed by atoms with Crippen LogP contribution in [0.5, 0.6) is 17.2 Å². The number of rotatable bonds is 9. The van der Waals surface area contributed by atoms with Crippen molar-refractivity contribution < 1.29 is 24.1 Å². The number of benzene rings is 3. The van der Waals surface area contributed by atoms with Crippen molar-refractivity contribution in [1.82, 2.24) is 5.32 Å². The molecule has 5 rings (SSSR count). The first-order valence-electron chi connectivity index (χ1n) is 12.6. The van der Waals surface area contributed by atoms with Crippen LogP contribution in [0.25, 0.3) is 0 Å². The van der Waals surface area contributed by atoms with E-state index in [-0.39, 0.29) is 0 Å². The summed E-state index contributed by atoms with van der Waals surface area (Å²) in [4.78, 5) is 13.5. The largest absolute Gasteiger partial charge is 0.492 e. The van der Waals surface area contributed by atoms with Crippen LogP contribution in [0.2, 0.25) is 0 Å². The third kappa shape index (κ3) is 6.77. The van der Waals surface area contributed by atoms with Crippen molar-refractivity contribution in [2.24, 2.45) is 0 Å². The van der Waals surface area contributed by atoms with Gasteiger partial charge in [0, 0.05) is 13.0 Å². The van der Waals surface area contributed by atoms with E-state index >= 15 is 0 Å². The van der Waals surface area contributed by atoms with E-state index < -0.39 is 12.1 Å². The van der Waals surface area contributed by atoms with Crippen LogP contribution in [0.3, 0.4) is 0 Å². The second kappa shape index (κ2) is 13.0. The smallest absolute Gasteiger partial charge is 0.333 e. The highest BCUT2D eigenvalue weighted by Crippen LogP contribution is 2.45. The van der Waals surface area contributed by atoms with Crippen molar-refractivity contribution in [3.05, 3.63) is 78.4 Å². The maximum Gasteiger partial charge on any atom is 0.333 e. The second-order valence-electron chi connectivity index (χ2n) is 8.63. The van der Waals surface area contributed by atoms with Gasteiger partial charge >= 0.3 is 5.97 Å². The van der Waals surface area contributed by atoms with Gasteiger partial charge in [0.05, 0.1) is 17.9 Å². The lowest BCUT2D eigenvalue weighted by Gasteiger charge is -2.32. The quantitative estimate of drug-likeness (QED) is 0.415. The van der Waals surface area contributed by atoms with Crippen LogP contribution in [0.15, 0.2) is 72.8 Å². The maximum absolute atomic E-state index is 11.3. The van der Waals surface area contributed by atoms with Crippen LogP contribution in [0, 0.1) is 0 Å². The van der Waals surface area contributed by atoms with E-state index in [1.165, 1.54) is 25.9 Å². The van der Waals surface area contributed by atoms with E-state index in [2.05, 4.69) is 10.2 Å². The molecule has 2 heterocycles. The molecule has 0 spiro atoms. The molecule has 0 radical (unpaired) electrons. The summed E-state index contributed by atoms with van der Waals surface area (Å²) in [6, 6.07) is 23.4. The number of ether oxygens (including phenoxy) is 3. The van der Waals surface area contributed by atoms with E-state index in [1.54, 1.807) is 6.92 Å². The summed E-state index contributed by atoms with van der Waals surface area (Å²) in [5, 5.41) is 12.5. The summed E-state index contributed by atoms with van der Waals surface area (Å²) in [5.41, 5.74) is 2.91. The molecule has 0 aromatic heterocycles. The number of carboxylic acid groups (broad SMARTS) is 1.